The Hall–Kier alpha value is -2.28. The first-order chi connectivity index (χ1) is 11.5. The zero-order chi connectivity index (χ0) is 17.1. The van der Waals surface area contributed by atoms with E-state index in [-0.39, 0.29) is 30.0 Å². The Morgan fingerprint density at radius 2 is 2.12 bits per heavy atom. The summed E-state index contributed by atoms with van der Waals surface area (Å²) in [7, 11) is 1.89. The molecule has 1 saturated carbocycles. The van der Waals surface area contributed by atoms with Gasteiger partial charge in [0.2, 0.25) is 5.91 Å². The fourth-order valence-electron chi connectivity index (χ4n) is 3.29. The number of benzene rings is 1. The van der Waals surface area contributed by atoms with Crippen LogP contribution in [0.1, 0.15) is 30.1 Å². The van der Waals surface area contributed by atoms with Crippen LogP contribution in [0.4, 0.5) is 4.39 Å². The summed E-state index contributed by atoms with van der Waals surface area (Å²) in [5.41, 5.74) is 0.762. The molecule has 0 unspecified atom stereocenters. The minimum Gasteiger partial charge on any atom is -0.393 e. The summed E-state index contributed by atoms with van der Waals surface area (Å²) < 4.78 is 14.7. The molecule has 3 atom stereocenters. The molecule has 1 amide bonds. The summed E-state index contributed by atoms with van der Waals surface area (Å²) in [5.74, 6) is 0.587. The molecule has 128 valence electrons. The molecule has 6 nitrogen and oxygen atoms in total. The molecule has 0 bridgehead atoms. The molecule has 1 heterocycles. The highest BCUT2D eigenvalue weighted by Crippen LogP contribution is 2.37. The van der Waals surface area contributed by atoms with Gasteiger partial charge in [0.25, 0.3) is 0 Å². The van der Waals surface area contributed by atoms with Gasteiger partial charge in [-0.05, 0) is 30.5 Å². The van der Waals surface area contributed by atoms with Crippen molar-refractivity contribution < 1.29 is 14.3 Å². The number of nitrogens with zero attached hydrogens (tertiary/aromatic N) is 3. The third kappa shape index (κ3) is 3.79. The molecule has 0 aliphatic heterocycles. The van der Waals surface area contributed by atoms with Crippen LogP contribution >= 0.6 is 0 Å². The minimum absolute atomic E-state index is 0.00358. The van der Waals surface area contributed by atoms with Gasteiger partial charge in [-0.2, -0.15) is 0 Å². The second-order valence-electron chi connectivity index (χ2n) is 6.40. The van der Waals surface area contributed by atoms with E-state index in [0.717, 1.165) is 17.8 Å². The van der Waals surface area contributed by atoms with Crippen LogP contribution in [0.5, 0.6) is 0 Å². The van der Waals surface area contributed by atoms with Crippen LogP contribution in [0.25, 0.3) is 0 Å². The lowest BCUT2D eigenvalue weighted by molar-refractivity contribution is -0.120. The van der Waals surface area contributed by atoms with E-state index in [9.17, 15) is 14.3 Å². The first-order valence-electron chi connectivity index (χ1n) is 8.06. The number of carbonyl (C=O) groups excluding carboxylic acids is 1. The average molecular weight is 332 g/mol. The van der Waals surface area contributed by atoms with E-state index >= 15 is 0 Å². The molecule has 0 spiro atoms. The zero-order valence-corrected chi connectivity index (χ0v) is 13.5. The van der Waals surface area contributed by atoms with Crippen molar-refractivity contribution in [1.29, 1.82) is 0 Å². The zero-order valence-electron chi connectivity index (χ0n) is 13.5. The van der Waals surface area contributed by atoms with Crippen molar-refractivity contribution in [3.05, 3.63) is 47.8 Å². The second kappa shape index (κ2) is 7.09. The molecule has 3 rings (SSSR count). The number of nitrogens with one attached hydrogen (secondary N) is 1. The number of halogens is 1. The van der Waals surface area contributed by atoms with Gasteiger partial charge in [-0.25, -0.2) is 4.39 Å². The molecule has 1 aromatic carbocycles. The van der Waals surface area contributed by atoms with E-state index in [1.165, 1.54) is 12.1 Å². The van der Waals surface area contributed by atoms with Crippen molar-refractivity contribution in [1.82, 2.24) is 20.1 Å². The topological polar surface area (TPSA) is 80.0 Å². The van der Waals surface area contributed by atoms with Crippen molar-refractivity contribution >= 4 is 5.91 Å². The van der Waals surface area contributed by atoms with E-state index in [1.807, 2.05) is 11.6 Å². The predicted molar refractivity (Wildman–Crippen MR) is 85.6 cm³/mol. The van der Waals surface area contributed by atoms with E-state index < -0.39 is 6.10 Å². The fourth-order valence-corrected chi connectivity index (χ4v) is 3.29. The summed E-state index contributed by atoms with van der Waals surface area (Å²) in [6, 6.07) is 5.89. The van der Waals surface area contributed by atoms with Gasteiger partial charge in [-0.1, -0.05) is 12.1 Å². The third-order valence-electron chi connectivity index (χ3n) is 4.61. The van der Waals surface area contributed by atoms with Gasteiger partial charge in [0, 0.05) is 25.4 Å². The first kappa shape index (κ1) is 16.6. The molecule has 1 fully saturated rings. The molecule has 0 saturated heterocycles. The van der Waals surface area contributed by atoms with Crippen LogP contribution in [-0.2, 0) is 18.3 Å². The second-order valence-corrected chi connectivity index (χ2v) is 6.40. The lowest BCUT2D eigenvalue weighted by Crippen LogP contribution is -2.33. The lowest BCUT2D eigenvalue weighted by atomic mass is 10.0. The Bertz CT molecular complexity index is 701. The largest absolute Gasteiger partial charge is 0.393 e. The van der Waals surface area contributed by atoms with E-state index in [0.29, 0.717) is 13.0 Å². The van der Waals surface area contributed by atoms with Gasteiger partial charge in [0.15, 0.2) is 0 Å². The number of hydrogen-bond acceptors (Lipinski definition) is 4. The summed E-state index contributed by atoms with van der Waals surface area (Å²) in [6.07, 6.45) is 2.79. The molecule has 1 aromatic heterocycles. The van der Waals surface area contributed by atoms with Crippen molar-refractivity contribution in [3.8, 4) is 0 Å². The number of carbonyl (C=O) groups is 1. The molecule has 2 N–H and O–H groups in total. The third-order valence-corrected chi connectivity index (χ3v) is 4.61. The predicted octanol–water partition coefficient (Wildman–Crippen LogP) is 1.17. The fraction of sp³-hybridized carbons (Fsp3) is 0.471. The van der Waals surface area contributed by atoms with Crippen molar-refractivity contribution in [2.45, 2.75) is 31.3 Å². The van der Waals surface area contributed by atoms with Crippen LogP contribution in [0.2, 0.25) is 0 Å². The Morgan fingerprint density at radius 1 is 1.38 bits per heavy atom. The van der Waals surface area contributed by atoms with Crippen LogP contribution < -0.4 is 5.32 Å². The normalized spacial score (nSPS) is 23.4. The van der Waals surface area contributed by atoms with Crippen molar-refractivity contribution in [2.24, 2.45) is 13.0 Å². The van der Waals surface area contributed by atoms with Crippen molar-refractivity contribution in [3.63, 3.8) is 0 Å². The van der Waals surface area contributed by atoms with Gasteiger partial charge >= 0.3 is 0 Å². The molecular weight excluding hydrogens is 311 g/mol. The number of rotatable bonds is 5. The van der Waals surface area contributed by atoms with Gasteiger partial charge < -0.3 is 15.0 Å². The van der Waals surface area contributed by atoms with Gasteiger partial charge in [0.1, 0.15) is 18.0 Å². The number of hydrogen-bond donors (Lipinski definition) is 2. The minimum atomic E-state index is -0.460. The SMILES string of the molecule is Cn1cnnc1[C@H]1C[C@H](CNC(=O)Cc2ccc(F)cc2)[C@H](O)C1. The summed E-state index contributed by atoms with van der Waals surface area (Å²) in [6.45, 7) is 0.426. The van der Waals surface area contributed by atoms with Crippen LogP contribution in [0.3, 0.4) is 0 Å². The molecule has 1 aliphatic carbocycles. The Labute approximate surface area is 139 Å². The van der Waals surface area contributed by atoms with E-state index in [4.69, 9.17) is 0 Å². The Morgan fingerprint density at radius 3 is 2.79 bits per heavy atom. The van der Waals surface area contributed by atoms with Crippen LogP contribution in [-0.4, -0.2) is 38.4 Å². The maximum absolute atomic E-state index is 12.9. The van der Waals surface area contributed by atoms with Crippen LogP contribution in [0, 0.1) is 11.7 Å². The Kier molecular flexibility index (Phi) is 4.89. The average Bonchev–Trinajstić information content (AvgIpc) is 3.13. The van der Waals surface area contributed by atoms with Crippen LogP contribution in [0.15, 0.2) is 30.6 Å². The molecule has 0 radical (unpaired) electrons. The smallest absolute Gasteiger partial charge is 0.224 e. The molecule has 7 heteroatoms. The maximum Gasteiger partial charge on any atom is 0.224 e. The highest BCUT2D eigenvalue weighted by atomic mass is 19.1. The highest BCUT2D eigenvalue weighted by molar-refractivity contribution is 5.78. The van der Waals surface area contributed by atoms with Gasteiger partial charge in [-0.15, -0.1) is 10.2 Å². The number of amides is 1. The number of aliphatic hydroxyl groups is 1. The monoisotopic (exact) mass is 332 g/mol. The summed E-state index contributed by atoms with van der Waals surface area (Å²) in [5, 5.41) is 21.1. The number of aliphatic hydroxyl groups excluding tert-OH is 1. The standard InChI is InChI=1S/C17H21FN4O2/c1-22-10-20-21-17(22)12-7-13(15(23)8-12)9-19-16(24)6-11-2-4-14(18)5-3-11/h2-5,10,12-13,15,23H,6-9H2,1H3,(H,19,24)/t12-,13+,15+/m0/s1. The first-order valence-corrected chi connectivity index (χ1v) is 8.06. The summed E-state index contributed by atoms with van der Waals surface area (Å²) in [4.78, 5) is 12.0. The van der Waals surface area contributed by atoms with Crippen molar-refractivity contribution in [2.75, 3.05) is 6.54 Å². The molecule has 1 aliphatic rings. The molecular formula is C17H21FN4O2. The maximum atomic E-state index is 12.9. The number of aromatic nitrogens is 3. The van der Waals surface area contributed by atoms with Gasteiger partial charge in [-0.3, -0.25) is 4.79 Å². The highest BCUT2D eigenvalue weighted by Gasteiger charge is 2.35. The quantitative estimate of drug-likeness (QED) is 0.861. The Balaban J connectivity index is 1.50. The van der Waals surface area contributed by atoms with E-state index in [2.05, 4.69) is 15.5 Å². The summed E-state index contributed by atoms with van der Waals surface area (Å²) >= 11 is 0. The van der Waals surface area contributed by atoms with E-state index in [1.54, 1.807) is 18.5 Å². The number of aryl methyl sites for hydroxylation is 1. The lowest BCUT2D eigenvalue weighted by Gasteiger charge is -2.15. The molecule has 24 heavy (non-hydrogen) atoms. The van der Waals surface area contributed by atoms with Gasteiger partial charge in [0.05, 0.1) is 12.5 Å². The molecule has 2 aromatic rings.